The highest BCUT2D eigenvalue weighted by Gasteiger charge is 2.42. The van der Waals surface area contributed by atoms with E-state index in [0.717, 1.165) is 24.0 Å². The molecule has 3 heterocycles. The standard InChI is InChI=1S/C20H24N2O3S2/c1-15-6-4-10-21(13-15)20(23)18-12-16-7-2-3-8-17(16)14-22(18)27(24,25)19-9-5-11-26-19/h2-3,5,7-9,11,15,18H,4,6,10,12-14H2,1H3. The van der Waals surface area contributed by atoms with Gasteiger partial charge in [-0.2, -0.15) is 4.31 Å². The second kappa shape index (κ2) is 7.37. The monoisotopic (exact) mass is 404 g/mol. The van der Waals surface area contributed by atoms with E-state index in [1.165, 1.54) is 15.6 Å². The van der Waals surface area contributed by atoms with Crippen LogP contribution in [0.25, 0.3) is 0 Å². The third-order valence-electron chi connectivity index (χ3n) is 5.52. The van der Waals surface area contributed by atoms with Gasteiger partial charge in [0.1, 0.15) is 10.3 Å². The lowest BCUT2D eigenvalue weighted by Gasteiger charge is -2.39. The van der Waals surface area contributed by atoms with Crippen LogP contribution in [0.5, 0.6) is 0 Å². The molecule has 2 atom stereocenters. The lowest BCUT2D eigenvalue weighted by Crippen LogP contribution is -2.55. The van der Waals surface area contributed by atoms with E-state index in [-0.39, 0.29) is 12.5 Å². The first-order valence-electron chi connectivity index (χ1n) is 9.38. The molecule has 5 nitrogen and oxygen atoms in total. The van der Waals surface area contributed by atoms with Gasteiger partial charge in [0.15, 0.2) is 0 Å². The van der Waals surface area contributed by atoms with E-state index in [4.69, 9.17) is 0 Å². The van der Waals surface area contributed by atoms with Gasteiger partial charge in [-0.3, -0.25) is 4.79 Å². The highest BCUT2D eigenvalue weighted by Crippen LogP contribution is 2.32. The average molecular weight is 405 g/mol. The zero-order chi connectivity index (χ0) is 19.0. The molecule has 2 aliphatic heterocycles. The molecule has 27 heavy (non-hydrogen) atoms. The summed E-state index contributed by atoms with van der Waals surface area (Å²) in [7, 11) is -3.70. The Balaban J connectivity index is 1.71. The van der Waals surface area contributed by atoms with Crippen LogP contribution in [0.2, 0.25) is 0 Å². The molecule has 0 bridgehead atoms. The highest BCUT2D eigenvalue weighted by atomic mass is 32.2. The summed E-state index contributed by atoms with van der Waals surface area (Å²) in [5, 5.41) is 1.76. The van der Waals surface area contributed by atoms with Crippen molar-refractivity contribution in [2.24, 2.45) is 5.92 Å². The van der Waals surface area contributed by atoms with Gasteiger partial charge in [0.2, 0.25) is 5.91 Å². The summed E-state index contributed by atoms with van der Waals surface area (Å²) in [5.41, 5.74) is 2.05. The summed E-state index contributed by atoms with van der Waals surface area (Å²) >= 11 is 1.20. The van der Waals surface area contributed by atoms with Gasteiger partial charge in [-0.05, 0) is 47.8 Å². The molecule has 4 rings (SSSR count). The van der Waals surface area contributed by atoms with Crippen molar-refractivity contribution < 1.29 is 13.2 Å². The fourth-order valence-corrected chi connectivity index (χ4v) is 6.77. The van der Waals surface area contributed by atoms with Crippen molar-refractivity contribution in [3.63, 3.8) is 0 Å². The van der Waals surface area contributed by atoms with Crippen LogP contribution in [0.15, 0.2) is 46.0 Å². The van der Waals surface area contributed by atoms with Crippen LogP contribution in [-0.4, -0.2) is 42.7 Å². The van der Waals surface area contributed by atoms with Crippen molar-refractivity contribution in [2.45, 2.75) is 43.0 Å². The summed E-state index contributed by atoms with van der Waals surface area (Å²) in [6.45, 7) is 3.82. The van der Waals surface area contributed by atoms with Crippen molar-refractivity contribution in [3.05, 3.63) is 52.9 Å². The number of hydrogen-bond donors (Lipinski definition) is 0. The summed E-state index contributed by atoms with van der Waals surface area (Å²) in [4.78, 5) is 15.2. The first-order valence-corrected chi connectivity index (χ1v) is 11.7. The van der Waals surface area contributed by atoms with Crippen molar-refractivity contribution in [2.75, 3.05) is 13.1 Å². The molecular weight excluding hydrogens is 380 g/mol. The molecule has 0 radical (unpaired) electrons. The average Bonchev–Trinajstić information content (AvgIpc) is 3.22. The lowest BCUT2D eigenvalue weighted by atomic mass is 9.93. The molecule has 2 aliphatic rings. The molecule has 2 aromatic rings. The van der Waals surface area contributed by atoms with Gasteiger partial charge in [0.05, 0.1) is 0 Å². The van der Waals surface area contributed by atoms with Crippen molar-refractivity contribution >= 4 is 27.3 Å². The Bertz CT molecular complexity index is 924. The van der Waals surface area contributed by atoms with Crippen molar-refractivity contribution in [1.29, 1.82) is 0 Å². The molecule has 0 saturated carbocycles. The number of hydrogen-bond acceptors (Lipinski definition) is 4. The Hall–Kier alpha value is -1.70. The first-order chi connectivity index (χ1) is 13.0. The van der Waals surface area contributed by atoms with E-state index in [9.17, 15) is 13.2 Å². The Morgan fingerprint density at radius 3 is 2.63 bits per heavy atom. The third-order valence-corrected chi connectivity index (χ3v) is 8.74. The summed E-state index contributed by atoms with van der Waals surface area (Å²) in [6, 6.07) is 10.5. The molecule has 7 heteroatoms. The van der Waals surface area contributed by atoms with Crippen LogP contribution < -0.4 is 0 Å². The van der Waals surface area contributed by atoms with Crippen LogP contribution in [0.4, 0.5) is 0 Å². The Morgan fingerprint density at radius 1 is 1.15 bits per heavy atom. The number of rotatable bonds is 3. The smallest absolute Gasteiger partial charge is 0.253 e. The van der Waals surface area contributed by atoms with E-state index in [2.05, 4.69) is 6.92 Å². The maximum Gasteiger partial charge on any atom is 0.253 e. The van der Waals surface area contributed by atoms with E-state index < -0.39 is 16.1 Å². The molecule has 1 aromatic heterocycles. The molecular formula is C20H24N2O3S2. The Kier molecular flexibility index (Phi) is 5.09. The predicted molar refractivity (Wildman–Crippen MR) is 106 cm³/mol. The van der Waals surface area contributed by atoms with Gasteiger partial charge in [-0.1, -0.05) is 37.3 Å². The van der Waals surface area contributed by atoms with Gasteiger partial charge in [-0.25, -0.2) is 8.42 Å². The molecule has 0 N–H and O–H groups in total. The highest BCUT2D eigenvalue weighted by molar-refractivity contribution is 7.91. The zero-order valence-electron chi connectivity index (χ0n) is 15.4. The Morgan fingerprint density at radius 2 is 1.93 bits per heavy atom. The summed E-state index contributed by atoms with van der Waals surface area (Å²) in [5.74, 6) is 0.400. The van der Waals surface area contributed by atoms with Crippen LogP contribution in [0.3, 0.4) is 0 Å². The van der Waals surface area contributed by atoms with E-state index in [1.54, 1.807) is 17.5 Å². The molecule has 1 aromatic carbocycles. The number of piperidine rings is 1. The third kappa shape index (κ3) is 3.56. The normalized spacial score (nSPS) is 23.8. The number of fused-ring (bicyclic) bond motifs is 1. The maximum absolute atomic E-state index is 13.4. The number of carbonyl (C=O) groups excluding carboxylic acids is 1. The van der Waals surface area contributed by atoms with Gasteiger partial charge in [0, 0.05) is 19.6 Å². The second-order valence-corrected chi connectivity index (χ2v) is 10.6. The number of carbonyl (C=O) groups is 1. The van der Waals surface area contributed by atoms with E-state index in [0.29, 0.717) is 29.6 Å². The van der Waals surface area contributed by atoms with Crippen molar-refractivity contribution in [3.8, 4) is 0 Å². The molecule has 1 saturated heterocycles. The number of benzene rings is 1. The minimum Gasteiger partial charge on any atom is -0.341 e. The fraction of sp³-hybridized carbons (Fsp3) is 0.450. The van der Waals surface area contributed by atoms with Gasteiger partial charge >= 0.3 is 0 Å². The fourth-order valence-electron chi connectivity index (χ4n) is 4.09. The predicted octanol–water partition coefficient (Wildman–Crippen LogP) is 3.12. The molecule has 2 unspecified atom stereocenters. The van der Waals surface area contributed by atoms with Gasteiger partial charge in [0.25, 0.3) is 10.0 Å². The Labute approximate surface area is 164 Å². The summed E-state index contributed by atoms with van der Waals surface area (Å²) < 4.78 is 28.3. The quantitative estimate of drug-likeness (QED) is 0.790. The van der Waals surface area contributed by atoms with Crippen LogP contribution >= 0.6 is 11.3 Å². The zero-order valence-corrected chi connectivity index (χ0v) is 17.0. The van der Waals surface area contributed by atoms with Crippen LogP contribution in [-0.2, 0) is 27.8 Å². The minimum absolute atomic E-state index is 0.0591. The SMILES string of the molecule is CC1CCCN(C(=O)C2Cc3ccccc3CN2S(=O)(=O)c2cccs2)C1. The van der Waals surface area contributed by atoms with Gasteiger partial charge in [-0.15, -0.1) is 11.3 Å². The number of amides is 1. The molecule has 144 valence electrons. The maximum atomic E-state index is 13.4. The number of likely N-dealkylation sites (tertiary alicyclic amines) is 1. The molecule has 0 aliphatic carbocycles. The second-order valence-electron chi connectivity index (χ2n) is 7.50. The number of sulfonamides is 1. The van der Waals surface area contributed by atoms with Crippen LogP contribution in [0, 0.1) is 5.92 Å². The number of nitrogens with zero attached hydrogens (tertiary/aromatic N) is 2. The molecule has 0 spiro atoms. The lowest BCUT2D eigenvalue weighted by molar-refractivity contribution is -0.137. The number of thiophene rings is 1. The topological polar surface area (TPSA) is 57.7 Å². The molecule has 1 fully saturated rings. The first kappa shape index (κ1) is 18.7. The van der Waals surface area contributed by atoms with Crippen molar-refractivity contribution in [1.82, 2.24) is 9.21 Å². The van der Waals surface area contributed by atoms with E-state index >= 15 is 0 Å². The summed E-state index contributed by atoms with van der Waals surface area (Å²) in [6.07, 6.45) is 2.53. The minimum atomic E-state index is -3.70. The van der Waals surface area contributed by atoms with Crippen LogP contribution in [0.1, 0.15) is 30.9 Å². The largest absolute Gasteiger partial charge is 0.341 e. The van der Waals surface area contributed by atoms with Gasteiger partial charge < -0.3 is 4.90 Å². The molecule has 1 amide bonds. The van der Waals surface area contributed by atoms with E-state index in [1.807, 2.05) is 29.2 Å².